The third-order valence-corrected chi connectivity index (χ3v) is 5.64. The first-order valence-corrected chi connectivity index (χ1v) is 9.01. The Labute approximate surface area is 133 Å². The van der Waals surface area contributed by atoms with Gasteiger partial charge in [0.15, 0.2) is 0 Å². The van der Waals surface area contributed by atoms with Crippen molar-refractivity contribution in [3.8, 4) is 0 Å². The highest BCUT2D eigenvalue weighted by Gasteiger charge is 2.13. The minimum absolute atomic E-state index is 0.129. The number of hydrogen-bond acceptors (Lipinski definition) is 4. The van der Waals surface area contributed by atoms with Gasteiger partial charge in [0.1, 0.15) is 0 Å². The summed E-state index contributed by atoms with van der Waals surface area (Å²) in [6.45, 7) is 3.85. The van der Waals surface area contributed by atoms with Crippen molar-refractivity contribution in [2.45, 2.75) is 25.2 Å². The van der Waals surface area contributed by atoms with Crippen molar-refractivity contribution in [2.24, 2.45) is 5.10 Å². The zero-order valence-electron chi connectivity index (χ0n) is 11.6. The molecule has 1 aromatic carbocycles. The molecule has 0 atom stereocenters. The number of aryl methyl sites for hydroxylation is 1. The van der Waals surface area contributed by atoms with Gasteiger partial charge in [0.25, 0.3) is 10.0 Å². The summed E-state index contributed by atoms with van der Waals surface area (Å²) >= 11 is 7.35. The number of benzene rings is 1. The van der Waals surface area contributed by atoms with Gasteiger partial charge in [-0.05, 0) is 49.7 Å². The molecule has 1 heterocycles. The first-order valence-electron chi connectivity index (χ1n) is 6.33. The van der Waals surface area contributed by atoms with E-state index in [1.165, 1.54) is 29.1 Å². The first kappa shape index (κ1) is 16.0. The fraction of sp³-hybridized carbons (Fsp3) is 0.214. The molecular formula is C14H15ClN2O2S2. The van der Waals surface area contributed by atoms with Gasteiger partial charge in [-0.1, -0.05) is 18.5 Å². The summed E-state index contributed by atoms with van der Waals surface area (Å²) in [5, 5.41) is 4.45. The maximum absolute atomic E-state index is 12.1. The second-order valence-electron chi connectivity index (χ2n) is 4.37. The molecule has 0 fully saturated rings. The predicted molar refractivity (Wildman–Crippen MR) is 87.7 cm³/mol. The summed E-state index contributed by atoms with van der Waals surface area (Å²) in [7, 11) is -3.67. The van der Waals surface area contributed by atoms with Gasteiger partial charge in [-0.3, -0.25) is 0 Å². The smallest absolute Gasteiger partial charge is 0.200 e. The van der Waals surface area contributed by atoms with Crippen molar-refractivity contribution in [1.82, 2.24) is 4.83 Å². The van der Waals surface area contributed by atoms with Crippen LogP contribution in [0.4, 0.5) is 0 Å². The molecule has 0 saturated heterocycles. The van der Waals surface area contributed by atoms with E-state index < -0.39 is 10.0 Å². The summed E-state index contributed by atoms with van der Waals surface area (Å²) in [5.41, 5.74) is 0.636. The molecule has 7 heteroatoms. The molecule has 0 spiro atoms. The Morgan fingerprint density at radius 2 is 1.90 bits per heavy atom. The SMILES string of the molecule is CCc1ccc(/C(C)=N/NS(=O)(=O)c2ccc(Cl)cc2)s1. The van der Waals surface area contributed by atoms with Crippen molar-refractivity contribution >= 4 is 38.7 Å². The highest BCUT2D eigenvalue weighted by Crippen LogP contribution is 2.18. The maximum Gasteiger partial charge on any atom is 0.276 e. The van der Waals surface area contributed by atoms with Crippen LogP contribution in [0, 0.1) is 0 Å². The Kier molecular flexibility index (Phi) is 5.03. The van der Waals surface area contributed by atoms with Crippen molar-refractivity contribution < 1.29 is 8.42 Å². The number of hydrogen-bond donors (Lipinski definition) is 1. The fourth-order valence-corrected chi connectivity index (χ4v) is 3.49. The number of hydrazone groups is 1. The van der Waals surface area contributed by atoms with Crippen molar-refractivity contribution in [3.05, 3.63) is 51.2 Å². The normalized spacial score (nSPS) is 12.4. The zero-order chi connectivity index (χ0) is 15.5. The molecule has 0 radical (unpaired) electrons. The summed E-state index contributed by atoms with van der Waals surface area (Å²) < 4.78 is 24.2. The second-order valence-corrected chi connectivity index (χ2v) is 7.63. The van der Waals surface area contributed by atoms with Gasteiger partial charge in [0, 0.05) is 9.90 Å². The largest absolute Gasteiger partial charge is 0.276 e. The van der Waals surface area contributed by atoms with Crippen LogP contribution >= 0.6 is 22.9 Å². The Morgan fingerprint density at radius 1 is 1.24 bits per heavy atom. The Bertz CT molecular complexity index is 750. The molecule has 21 heavy (non-hydrogen) atoms. The van der Waals surface area contributed by atoms with Gasteiger partial charge in [0.05, 0.1) is 15.5 Å². The van der Waals surface area contributed by atoms with E-state index in [9.17, 15) is 8.42 Å². The fourth-order valence-electron chi connectivity index (χ4n) is 1.61. The first-order chi connectivity index (χ1) is 9.92. The number of rotatable bonds is 5. The van der Waals surface area contributed by atoms with Crippen LogP contribution in [0.2, 0.25) is 5.02 Å². The van der Waals surface area contributed by atoms with Gasteiger partial charge in [-0.15, -0.1) is 11.3 Å². The van der Waals surface area contributed by atoms with Gasteiger partial charge in [-0.25, -0.2) is 0 Å². The van der Waals surface area contributed by atoms with Gasteiger partial charge >= 0.3 is 0 Å². The lowest BCUT2D eigenvalue weighted by Crippen LogP contribution is -2.19. The Balaban J connectivity index is 2.16. The van der Waals surface area contributed by atoms with Crippen LogP contribution in [-0.4, -0.2) is 14.1 Å². The molecule has 2 rings (SSSR count). The molecule has 4 nitrogen and oxygen atoms in total. The lowest BCUT2D eigenvalue weighted by Gasteiger charge is -2.04. The third-order valence-electron chi connectivity index (χ3n) is 2.82. The van der Waals surface area contributed by atoms with E-state index >= 15 is 0 Å². The molecule has 112 valence electrons. The predicted octanol–water partition coefficient (Wildman–Crippen LogP) is 3.67. The van der Waals surface area contributed by atoms with Crippen LogP contribution in [0.1, 0.15) is 23.6 Å². The van der Waals surface area contributed by atoms with Crippen LogP contribution in [0.25, 0.3) is 0 Å². The molecular weight excluding hydrogens is 328 g/mol. The lowest BCUT2D eigenvalue weighted by molar-refractivity contribution is 0.584. The number of thiophene rings is 1. The zero-order valence-corrected chi connectivity index (χ0v) is 14.0. The van der Waals surface area contributed by atoms with Gasteiger partial charge in [0.2, 0.25) is 0 Å². The quantitative estimate of drug-likeness (QED) is 0.665. The molecule has 0 saturated carbocycles. The molecule has 0 bridgehead atoms. The van der Waals surface area contributed by atoms with E-state index in [-0.39, 0.29) is 4.90 Å². The highest BCUT2D eigenvalue weighted by atomic mass is 35.5. The molecule has 0 unspecified atom stereocenters. The number of nitrogens with one attached hydrogen (secondary N) is 1. The number of halogens is 1. The number of nitrogens with zero attached hydrogens (tertiary/aromatic N) is 1. The van der Waals surface area contributed by atoms with Crippen LogP contribution in [0.3, 0.4) is 0 Å². The Morgan fingerprint density at radius 3 is 2.48 bits per heavy atom. The number of sulfonamides is 1. The minimum Gasteiger partial charge on any atom is -0.200 e. The van der Waals surface area contributed by atoms with E-state index in [0.717, 1.165) is 11.3 Å². The van der Waals surface area contributed by atoms with E-state index in [0.29, 0.717) is 10.7 Å². The van der Waals surface area contributed by atoms with Crippen LogP contribution < -0.4 is 4.83 Å². The standard InChI is InChI=1S/C14H15ClN2O2S2/c1-3-12-6-9-14(20-12)10(2)16-17-21(18,19)13-7-4-11(15)5-8-13/h4-9,17H,3H2,1-2H3/b16-10+. The minimum atomic E-state index is -3.67. The van der Waals surface area contributed by atoms with Crippen LogP contribution in [0.5, 0.6) is 0 Å². The second kappa shape index (κ2) is 6.60. The Hall–Kier alpha value is -1.37. The van der Waals surface area contributed by atoms with Gasteiger partial charge < -0.3 is 0 Å². The van der Waals surface area contributed by atoms with E-state index in [1.54, 1.807) is 18.3 Å². The topological polar surface area (TPSA) is 58.5 Å². The van der Waals surface area contributed by atoms with Crippen molar-refractivity contribution in [2.75, 3.05) is 0 Å². The van der Waals surface area contributed by atoms with Crippen molar-refractivity contribution in [1.29, 1.82) is 0 Å². The average molecular weight is 343 g/mol. The van der Waals surface area contributed by atoms with Gasteiger partial charge in [-0.2, -0.15) is 18.4 Å². The van der Waals surface area contributed by atoms with E-state index in [4.69, 9.17) is 11.6 Å². The summed E-state index contributed by atoms with van der Waals surface area (Å²) in [6, 6.07) is 9.90. The maximum atomic E-state index is 12.1. The lowest BCUT2D eigenvalue weighted by atomic mass is 10.3. The highest BCUT2D eigenvalue weighted by molar-refractivity contribution is 7.89. The third kappa shape index (κ3) is 4.06. The molecule has 1 N–H and O–H groups in total. The molecule has 0 amide bonds. The van der Waals surface area contributed by atoms with Crippen molar-refractivity contribution in [3.63, 3.8) is 0 Å². The molecule has 0 aliphatic rings. The summed E-state index contributed by atoms with van der Waals surface area (Å²) in [4.78, 5) is 4.56. The average Bonchev–Trinajstić information content (AvgIpc) is 2.94. The van der Waals surface area contributed by atoms with E-state index in [2.05, 4.69) is 16.9 Å². The molecule has 2 aromatic rings. The summed E-state index contributed by atoms with van der Waals surface area (Å²) in [5.74, 6) is 0. The molecule has 1 aromatic heterocycles. The van der Waals surface area contributed by atoms with Crippen LogP contribution in [-0.2, 0) is 16.4 Å². The van der Waals surface area contributed by atoms with E-state index in [1.807, 2.05) is 12.1 Å². The van der Waals surface area contributed by atoms with Crippen LogP contribution in [0.15, 0.2) is 46.4 Å². The molecule has 0 aliphatic carbocycles. The molecule has 0 aliphatic heterocycles. The monoisotopic (exact) mass is 342 g/mol. The summed E-state index contributed by atoms with van der Waals surface area (Å²) in [6.07, 6.45) is 0.953.